The van der Waals surface area contributed by atoms with Gasteiger partial charge in [-0.2, -0.15) is 0 Å². The normalized spacial score (nSPS) is 15.8. The number of fused-ring (bicyclic) bond motifs is 1. The number of halogens is 2. The van der Waals surface area contributed by atoms with Crippen molar-refractivity contribution in [3.05, 3.63) is 58.1 Å². The van der Waals surface area contributed by atoms with Crippen LogP contribution in [-0.2, 0) is 16.1 Å². The molecule has 5 nitrogen and oxygen atoms in total. The molecular weight excluding hydrogens is 373 g/mol. The standard InChI is InChI=1S/C19H19Cl2N3O2/c1-12(23(2)10-13-6-5-7-14(20)18(13)21)19(26)24-11-17(25)22-15-8-3-4-9-16(15)24/h3-9,12H,10-11H2,1-2H3,(H,22,25)/p+1/t12-/m1/s1. The van der Waals surface area contributed by atoms with Crippen molar-refractivity contribution in [3.63, 3.8) is 0 Å². The van der Waals surface area contributed by atoms with Crippen LogP contribution >= 0.6 is 23.2 Å². The minimum absolute atomic E-state index is 0.0192. The summed E-state index contributed by atoms with van der Waals surface area (Å²) in [5.41, 5.74) is 2.26. The average molecular weight is 393 g/mol. The topological polar surface area (TPSA) is 53.9 Å². The van der Waals surface area contributed by atoms with Gasteiger partial charge in [0.2, 0.25) is 5.91 Å². The maximum Gasteiger partial charge on any atom is 0.285 e. The fourth-order valence-electron chi connectivity index (χ4n) is 3.01. The molecule has 0 bridgehead atoms. The highest BCUT2D eigenvalue weighted by Gasteiger charge is 2.33. The lowest BCUT2D eigenvalue weighted by atomic mass is 10.1. The van der Waals surface area contributed by atoms with E-state index in [0.29, 0.717) is 22.3 Å². The summed E-state index contributed by atoms with van der Waals surface area (Å²) in [5.74, 6) is -0.303. The maximum absolute atomic E-state index is 13.1. The van der Waals surface area contributed by atoms with Gasteiger partial charge < -0.3 is 10.2 Å². The number of hydrogen-bond acceptors (Lipinski definition) is 2. The Hall–Kier alpha value is -2.08. The lowest BCUT2D eigenvalue weighted by molar-refractivity contribution is -0.908. The number of amides is 2. The lowest BCUT2D eigenvalue weighted by Gasteiger charge is -2.32. The lowest BCUT2D eigenvalue weighted by Crippen LogP contribution is -3.12. The molecule has 2 atom stereocenters. The van der Waals surface area contributed by atoms with Crippen LogP contribution in [0.25, 0.3) is 0 Å². The number of carbonyl (C=O) groups is 2. The summed E-state index contributed by atoms with van der Waals surface area (Å²) in [6.45, 7) is 2.42. The number of benzene rings is 2. The molecule has 2 amide bonds. The minimum atomic E-state index is -0.357. The molecular formula is C19H20Cl2N3O2+. The van der Waals surface area contributed by atoms with Crippen molar-refractivity contribution < 1.29 is 14.5 Å². The van der Waals surface area contributed by atoms with Crippen LogP contribution in [0.1, 0.15) is 12.5 Å². The zero-order chi connectivity index (χ0) is 18.8. The molecule has 1 heterocycles. The summed E-state index contributed by atoms with van der Waals surface area (Å²) in [7, 11) is 1.93. The van der Waals surface area contributed by atoms with Crippen molar-refractivity contribution >= 4 is 46.4 Å². The molecule has 26 heavy (non-hydrogen) atoms. The molecule has 0 aliphatic carbocycles. The molecule has 0 spiro atoms. The Morgan fingerprint density at radius 2 is 1.96 bits per heavy atom. The van der Waals surface area contributed by atoms with Gasteiger partial charge in [-0.1, -0.05) is 47.5 Å². The van der Waals surface area contributed by atoms with Crippen LogP contribution in [0.5, 0.6) is 0 Å². The number of para-hydroxylation sites is 2. The van der Waals surface area contributed by atoms with Crippen LogP contribution < -0.4 is 15.1 Å². The molecule has 2 N–H and O–H groups in total. The van der Waals surface area contributed by atoms with Crippen LogP contribution in [0.2, 0.25) is 10.0 Å². The third-order valence-electron chi connectivity index (χ3n) is 4.65. The molecule has 0 saturated heterocycles. The number of carbonyl (C=O) groups excluding carboxylic acids is 2. The Balaban J connectivity index is 1.79. The summed E-state index contributed by atoms with van der Waals surface area (Å²) < 4.78 is 0. The van der Waals surface area contributed by atoms with Gasteiger partial charge in [-0.25, -0.2) is 0 Å². The molecule has 1 aliphatic heterocycles. The van der Waals surface area contributed by atoms with E-state index >= 15 is 0 Å². The van der Waals surface area contributed by atoms with E-state index in [1.807, 2.05) is 44.3 Å². The van der Waals surface area contributed by atoms with Crippen molar-refractivity contribution in [2.45, 2.75) is 19.5 Å². The van der Waals surface area contributed by atoms with Gasteiger partial charge in [-0.3, -0.25) is 14.5 Å². The van der Waals surface area contributed by atoms with Crippen LogP contribution in [0.4, 0.5) is 11.4 Å². The van der Waals surface area contributed by atoms with Gasteiger partial charge in [-0.15, -0.1) is 0 Å². The van der Waals surface area contributed by atoms with Crippen molar-refractivity contribution in [2.24, 2.45) is 0 Å². The molecule has 3 rings (SSSR count). The molecule has 2 aromatic rings. The Labute approximate surface area is 162 Å². The molecule has 0 saturated carbocycles. The zero-order valence-corrected chi connectivity index (χ0v) is 16.1. The number of nitrogens with one attached hydrogen (secondary N) is 2. The number of nitrogens with zero attached hydrogens (tertiary/aromatic N) is 1. The monoisotopic (exact) mass is 392 g/mol. The first-order chi connectivity index (χ1) is 12.4. The largest absolute Gasteiger partial charge is 0.324 e. The average Bonchev–Trinajstić information content (AvgIpc) is 2.63. The summed E-state index contributed by atoms with van der Waals surface area (Å²) >= 11 is 12.3. The maximum atomic E-state index is 13.1. The number of rotatable bonds is 4. The molecule has 0 aromatic heterocycles. The fraction of sp³-hybridized carbons (Fsp3) is 0.263. The molecule has 1 unspecified atom stereocenters. The Morgan fingerprint density at radius 1 is 1.23 bits per heavy atom. The number of hydrogen-bond donors (Lipinski definition) is 2. The number of anilines is 2. The van der Waals surface area contributed by atoms with E-state index in [2.05, 4.69) is 5.32 Å². The Kier molecular flexibility index (Phi) is 5.51. The fourth-order valence-corrected chi connectivity index (χ4v) is 3.40. The minimum Gasteiger partial charge on any atom is -0.324 e. The summed E-state index contributed by atoms with van der Waals surface area (Å²) in [5, 5.41) is 3.80. The molecule has 0 fully saturated rings. The van der Waals surface area contributed by atoms with Crippen molar-refractivity contribution in [3.8, 4) is 0 Å². The quantitative estimate of drug-likeness (QED) is 0.838. The first-order valence-electron chi connectivity index (χ1n) is 8.34. The van der Waals surface area contributed by atoms with E-state index in [1.165, 1.54) is 0 Å². The summed E-state index contributed by atoms with van der Waals surface area (Å²) in [6.07, 6.45) is 0. The first-order valence-corrected chi connectivity index (χ1v) is 9.09. The van der Waals surface area contributed by atoms with Crippen molar-refractivity contribution in [2.75, 3.05) is 23.8 Å². The van der Waals surface area contributed by atoms with Crippen LogP contribution in [0.3, 0.4) is 0 Å². The molecule has 1 aliphatic rings. The van der Waals surface area contributed by atoms with Gasteiger partial charge in [0.25, 0.3) is 5.91 Å². The van der Waals surface area contributed by atoms with E-state index in [9.17, 15) is 9.59 Å². The smallest absolute Gasteiger partial charge is 0.285 e. The SMILES string of the molecule is C[C@H](C(=O)N1CC(=O)Nc2ccccc21)[NH+](C)Cc1cccc(Cl)c1Cl. The van der Waals surface area contributed by atoms with E-state index in [-0.39, 0.29) is 24.4 Å². The van der Waals surface area contributed by atoms with Gasteiger partial charge in [0.1, 0.15) is 13.1 Å². The highest BCUT2D eigenvalue weighted by Crippen LogP contribution is 2.29. The Bertz CT molecular complexity index is 856. The van der Waals surface area contributed by atoms with Crippen LogP contribution in [-0.4, -0.2) is 31.4 Å². The molecule has 2 aromatic carbocycles. The molecule has 7 heteroatoms. The predicted octanol–water partition coefficient (Wildman–Crippen LogP) is 2.38. The second-order valence-electron chi connectivity index (χ2n) is 6.45. The summed E-state index contributed by atoms with van der Waals surface area (Å²) in [6, 6.07) is 12.4. The van der Waals surface area contributed by atoms with E-state index in [4.69, 9.17) is 23.2 Å². The van der Waals surface area contributed by atoms with Crippen LogP contribution in [0.15, 0.2) is 42.5 Å². The van der Waals surface area contributed by atoms with E-state index in [1.54, 1.807) is 17.0 Å². The van der Waals surface area contributed by atoms with Gasteiger partial charge in [0, 0.05) is 5.56 Å². The van der Waals surface area contributed by atoms with E-state index in [0.717, 1.165) is 16.2 Å². The van der Waals surface area contributed by atoms with Gasteiger partial charge >= 0.3 is 0 Å². The van der Waals surface area contributed by atoms with Gasteiger partial charge in [0.05, 0.1) is 28.5 Å². The van der Waals surface area contributed by atoms with Crippen molar-refractivity contribution in [1.29, 1.82) is 0 Å². The van der Waals surface area contributed by atoms with Gasteiger partial charge in [-0.05, 0) is 25.1 Å². The zero-order valence-electron chi connectivity index (χ0n) is 14.6. The summed E-state index contributed by atoms with van der Waals surface area (Å²) in [4.78, 5) is 27.5. The highest BCUT2D eigenvalue weighted by atomic mass is 35.5. The Morgan fingerprint density at radius 3 is 2.73 bits per heavy atom. The number of quaternary nitrogens is 1. The first kappa shape index (κ1) is 18.7. The van der Waals surface area contributed by atoms with Crippen LogP contribution in [0, 0.1) is 0 Å². The van der Waals surface area contributed by atoms with Gasteiger partial charge in [0.15, 0.2) is 6.04 Å². The molecule has 0 radical (unpaired) electrons. The third kappa shape index (κ3) is 3.70. The third-order valence-corrected chi connectivity index (χ3v) is 5.51. The second-order valence-corrected chi connectivity index (χ2v) is 7.23. The predicted molar refractivity (Wildman–Crippen MR) is 104 cm³/mol. The molecule has 136 valence electrons. The number of likely N-dealkylation sites (N-methyl/N-ethyl adjacent to an activating group) is 1. The van der Waals surface area contributed by atoms with E-state index < -0.39 is 0 Å². The van der Waals surface area contributed by atoms with Crippen molar-refractivity contribution in [1.82, 2.24) is 0 Å². The highest BCUT2D eigenvalue weighted by molar-refractivity contribution is 6.42. The second kappa shape index (κ2) is 7.66.